The molecule has 1 heterocycles. The van der Waals surface area contributed by atoms with E-state index in [9.17, 15) is 9.59 Å². The van der Waals surface area contributed by atoms with Crippen LogP contribution in [-0.2, 0) is 4.79 Å². The third-order valence-electron chi connectivity index (χ3n) is 3.74. The van der Waals surface area contributed by atoms with Gasteiger partial charge in [-0.25, -0.2) is 4.98 Å². The summed E-state index contributed by atoms with van der Waals surface area (Å²) in [4.78, 5) is 27.6. The summed E-state index contributed by atoms with van der Waals surface area (Å²) in [5.74, 6) is 0.311. The Balaban J connectivity index is 1.68. The summed E-state index contributed by atoms with van der Waals surface area (Å²) in [6.07, 6.45) is 1.70. The number of methoxy groups -OCH3 is 1. The molecule has 3 N–H and O–H groups in total. The van der Waals surface area contributed by atoms with Gasteiger partial charge in [-0.05, 0) is 36.4 Å². The van der Waals surface area contributed by atoms with Crippen LogP contribution < -0.4 is 15.8 Å². The van der Waals surface area contributed by atoms with Crippen molar-refractivity contribution in [3.8, 4) is 5.75 Å². The summed E-state index contributed by atoms with van der Waals surface area (Å²) in [7, 11) is 1.62. The van der Waals surface area contributed by atoms with Gasteiger partial charge < -0.3 is 15.8 Å². The summed E-state index contributed by atoms with van der Waals surface area (Å²) < 4.78 is 5.36. The number of rotatable bonds is 6. The number of nitrogens with two attached hydrogens (primary N) is 1. The molecule has 0 unspecified atom stereocenters. The average molecular weight is 367 g/mol. The van der Waals surface area contributed by atoms with Crippen molar-refractivity contribution in [2.75, 3.05) is 18.2 Å². The van der Waals surface area contributed by atoms with E-state index >= 15 is 0 Å². The minimum Gasteiger partial charge on any atom is -0.496 e. The predicted molar refractivity (Wildman–Crippen MR) is 103 cm³/mol. The number of pyridine rings is 1. The van der Waals surface area contributed by atoms with Crippen LogP contribution in [0.25, 0.3) is 10.8 Å². The Morgan fingerprint density at radius 3 is 2.58 bits per heavy atom. The number of hydrogen-bond donors (Lipinski definition) is 2. The molecule has 0 aliphatic carbocycles. The van der Waals surface area contributed by atoms with Crippen LogP contribution in [0.1, 0.15) is 10.4 Å². The van der Waals surface area contributed by atoms with Crippen LogP contribution in [0, 0.1) is 0 Å². The van der Waals surface area contributed by atoms with Crippen molar-refractivity contribution in [1.82, 2.24) is 4.98 Å². The highest BCUT2D eigenvalue weighted by Gasteiger charge is 2.10. The van der Waals surface area contributed by atoms with Crippen LogP contribution in [0.2, 0.25) is 0 Å². The number of benzene rings is 2. The smallest absolute Gasteiger partial charge is 0.248 e. The molecule has 7 heteroatoms. The molecule has 3 rings (SSSR count). The number of anilines is 1. The number of amides is 2. The maximum atomic E-state index is 12.2. The molecular weight excluding hydrogens is 350 g/mol. The number of nitrogens with zero attached hydrogens (tertiary/aromatic N) is 1. The van der Waals surface area contributed by atoms with Crippen LogP contribution in [0.5, 0.6) is 5.75 Å². The summed E-state index contributed by atoms with van der Waals surface area (Å²) in [5.41, 5.74) is 6.20. The van der Waals surface area contributed by atoms with E-state index in [1.165, 1.54) is 11.8 Å². The van der Waals surface area contributed by atoms with E-state index in [4.69, 9.17) is 10.5 Å². The molecular formula is C19H17N3O3S. The fourth-order valence-corrected chi connectivity index (χ4v) is 3.30. The van der Waals surface area contributed by atoms with E-state index in [0.717, 1.165) is 21.5 Å². The van der Waals surface area contributed by atoms with E-state index in [0.29, 0.717) is 11.3 Å². The first-order valence-electron chi connectivity index (χ1n) is 7.82. The Morgan fingerprint density at radius 2 is 1.88 bits per heavy atom. The Bertz CT molecular complexity index is 958. The maximum Gasteiger partial charge on any atom is 0.248 e. The van der Waals surface area contributed by atoms with E-state index in [1.54, 1.807) is 37.6 Å². The van der Waals surface area contributed by atoms with Gasteiger partial charge in [0.2, 0.25) is 11.8 Å². The first-order valence-corrected chi connectivity index (χ1v) is 8.81. The first kappa shape index (κ1) is 17.8. The van der Waals surface area contributed by atoms with Gasteiger partial charge in [0, 0.05) is 28.2 Å². The number of aromatic nitrogens is 1. The number of carbonyl (C=O) groups is 2. The maximum absolute atomic E-state index is 12.2. The second-order valence-electron chi connectivity index (χ2n) is 5.45. The molecule has 2 aromatic carbocycles. The molecule has 3 aromatic rings. The normalized spacial score (nSPS) is 10.5. The zero-order chi connectivity index (χ0) is 18.5. The molecule has 0 fully saturated rings. The lowest BCUT2D eigenvalue weighted by molar-refractivity contribution is -0.113. The molecule has 26 heavy (non-hydrogen) atoms. The lowest BCUT2D eigenvalue weighted by Crippen LogP contribution is -2.15. The number of fused-ring (bicyclic) bond motifs is 1. The third-order valence-corrected chi connectivity index (χ3v) is 4.75. The number of ether oxygens (including phenoxy) is 1. The summed E-state index contributed by atoms with van der Waals surface area (Å²) >= 11 is 1.35. The van der Waals surface area contributed by atoms with Crippen molar-refractivity contribution in [3.63, 3.8) is 0 Å². The van der Waals surface area contributed by atoms with Crippen molar-refractivity contribution in [2.24, 2.45) is 5.73 Å². The molecule has 0 bridgehead atoms. The van der Waals surface area contributed by atoms with Gasteiger partial charge in [0.05, 0.1) is 12.9 Å². The second kappa shape index (κ2) is 7.88. The van der Waals surface area contributed by atoms with Crippen molar-refractivity contribution in [1.29, 1.82) is 0 Å². The Hall–Kier alpha value is -3.06. The van der Waals surface area contributed by atoms with Gasteiger partial charge in [-0.1, -0.05) is 23.9 Å². The minimum absolute atomic E-state index is 0.163. The predicted octanol–water partition coefficient (Wildman–Crippen LogP) is 3.07. The quantitative estimate of drug-likeness (QED) is 0.653. The standard InChI is InChI=1S/C19H17N3O3S/c1-25-16-4-2-3-15-14(16)9-10-21-19(15)26-11-17(23)22-13-7-5-12(6-8-13)18(20)24/h2-10H,11H2,1H3,(H2,20,24)(H,22,23). The summed E-state index contributed by atoms with van der Waals surface area (Å²) in [6, 6.07) is 14.1. The molecule has 0 aliphatic rings. The van der Waals surface area contributed by atoms with Crippen LogP contribution in [0.15, 0.2) is 59.8 Å². The first-order chi connectivity index (χ1) is 12.6. The topological polar surface area (TPSA) is 94.3 Å². The Kier molecular flexibility index (Phi) is 5.38. The molecule has 0 saturated heterocycles. The molecule has 0 radical (unpaired) electrons. The molecule has 1 aromatic heterocycles. The van der Waals surface area contributed by atoms with Crippen molar-refractivity contribution in [3.05, 3.63) is 60.3 Å². The SMILES string of the molecule is COc1cccc2c(SCC(=O)Nc3ccc(C(N)=O)cc3)nccc12. The summed E-state index contributed by atoms with van der Waals surface area (Å²) in [5, 5.41) is 5.44. The second-order valence-corrected chi connectivity index (χ2v) is 6.41. The van der Waals surface area contributed by atoms with Gasteiger partial charge >= 0.3 is 0 Å². The van der Waals surface area contributed by atoms with Crippen molar-refractivity contribution < 1.29 is 14.3 Å². The van der Waals surface area contributed by atoms with Crippen molar-refractivity contribution >= 4 is 40.0 Å². The molecule has 2 amide bonds. The molecule has 0 atom stereocenters. The average Bonchev–Trinajstić information content (AvgIpc) is 2.66. The lowest BCUT2D eigenvalue weighted by Gasteiger charge is -2.09. The zero-order valence-corrected chi connectivity index (χ0v) is 14.9. The molecule has 132 valence electrons. The van der Waals surface area contributed by atoms with Crippen molar-refractivity contribution in [2.45, 2.75) is 5.03 Å². The highest BCUT2D eigenvalue weighted by atomic mass is 32.2. The van der Waals surface area contributed by atoms with E-state index in [2.05, 4.69) is 10.3 Å². The number of nitrogens with one attached hydrogen (secondary N) is 1. The Morgan fingerprint density at radius 1 is 1.12 bits per heavy atom. The zero-order valence-electron chi connectivity index (χ0n) is 14.1. The van der Waals surface area contributed by atoms with Gasteiger partial charge in [-0.3, -0.25) is 9.59 Å². The van der Waals surface area contributed by atoms with Gasteiger partial charge in [0.25, 0.3) is 0 Å². The minimum atomic E-state index is -0.504. The third kappa shape index (κ3) is 3.94. The Labute approximate surface area is 154 Å². The molecule has 0 aliphatic heterocycles. The fraction of sp³-hybridized carbons (Fsp3) is 0.105. The monoisotopic (exact) mass is 367 g/mol. The van der Waals surface area contributed by atoms with Crippen LogP contribution in [0.3, 0.4) is 0 Å². The summed E-state index contributed by atoms with van der Waals surface area (Å²) in [6.45, 7) is 0. The number of thioether (sulfide) groups is 1. The highest BCUT2D eigenvalue weighted by molar-refractivity contribution is 8.00. The van der Waals surface area contributed by atoms with Gasteiger partial charge in [0.1, 0.15) is 10.8 Å². The number of hydrogen-bond acceptors (Lipinski definition) is 5. The van der Waals surface area contributed by atoms with Gasteiger partial charge in [-0.2, -0.15) is 0 Å². The molecule has 0 spiro atoms. The van der Waals surface area contributed by atoms with Gasteiger partial charge in [-0.15, -0.1) is 0 Å². The van der Waals surface area contributed by atoms with E-state index < -0.39 is 5.91 Å². The highest BCUT2D eigenvalue weighted by Crippen LogP contribution is 2.31. The van der Waals surface area contributed by atoms with E-state index in [1.807, 2.05) is 24.3 Å². The van der Waals surface area contributed by atoms with Crippen LogP contribution in [-0.4, -0.2) is 29.7 Å². The lowest BCUT2D eigenvalue weighted by atomic mass is 10.1. The van der Waals surface area contributed by atoms with Crippen LogP contribution in [0.4, 0.5) is 5.69 Å². The number of carbonyl (C=O) groups excluding carboxylic acids is 2. The van der Waals surface area contributed by atoms with Gasteiger partial charge in [0.15, 0.2) is 0 Å². The fourth-order valence-electron chi connectivity index (χ4n) is 2.49. The van der Waals surface area contributed by atoms with E-state index in [-0.39, 0.29) is 11.7 Å². The largest absolute Gasteiger partial charge is 0.496 e. The number of primary amides is 1. The molecule has 6 nitrogen and oxygen atoms in total. The van der Waals surface area contributed by atoms with Crippen LogP contribution >= 0.6 is 11.8 Å². The molecule has 0 saturated carbocycles.